The van der Waals surface area contributed by atoms with Crippen molar-refractivity contribution in [3.8, 4) is 0 Å². The van der Waals surface area contributed by atoms with Crippen LogP contribution in [-0.4, -0.2) is 23.2 Å². The second-order valence-electron chi connectivity index (χ2n) is 2.56. The topological polar surface area (TPSA) is 49.4 Å². The minimum atomic E-state index is -2.25. The van der Waals surface area contributed by atoms with Crippen molar-refractivity contribution < 1.29 is 41.6 Å². The van der Waals surface area contributed by atoms with Crippen LogP contribution in [0.5, 0.6) is 0 Å². The van der Waals surface area contributed by atoms with Crippen molar-refractivity contribution in [3.05, 3.63) is 0 Å². The second kappa shape index (κ2) is 7.05. The van der Waals surface area contributed by atoms with Crippen LogP contribution >= 0.6 is 0 Å². The Labute approximate surface area is 96.4 Å². The summed E-state index contributed by atoms with van der Waals surface area (Å²) in [6, 6.07) is 0. The Morgan fingerprint density at radius 3 is 2.27 bits per heavy atom. The van der Waals surface area contributed by atoms with Gasteiger partial charge in [0.25, 0.3) is 0 Å². The zero-order valence-electron chi connectivity index (χ0n) is 6.75. The zero-order chi connectivity index (χ0) is 7.40. The summed E-state index contributed by atoms with van der Waals surface area (Å²) in [5.74, 6) is 0. The molecule has 0 saturated carbocycles. The molecule has 1 saturated heterocycles. The van der Waals surface area contributed by atoms with Gasteiger partial charge >= 0.3 is 44.0 Å². The molecule has 0 N–H and O–H groups in total. The molecule has 0 aliphatic carbocycles. The van der Waals surface area contributed by atoms with Crippen molar-refractivity contribution in [3.63, 3.8) is 0 Å². The van der Waals surface area contributed by atoms with Crippen LogP contribution in [0.1, 0.15) is 19.3 Å². The molecule has 0 amide bonds. The molecule has 0 bridgehead atoms. The van der Waals surface area contributed by atoms with Crippen molar-refractivity contribution >= 4 is 25.8 Å². The number of hydrogen-bond acceptors (Lipinski definition) is 3. The Bertz CT molecular complexity index is 129. The molecule has 3 nitrogen and oxygen atoms in total. The van der Waals surface area contributed by atoms with E-state index in [2.05, 4.69) is 0 Å². The fourth-order valence-electron chi connectivity index (χ4n) is 1.27. The molecule has 0 aromatic rings. The van der Waals surface area contributed by atoms with E-state index in [0.717, 1.165) is 23.4 Å². The maximum Gasteiger partial charge on any atom is 1.00 e. The van der Waals surface area contributed by atoms with Crippen LogP contribution in [0.15, 0.2) is 0 Å². The van der Waals surface area contributed by atoms with Gasteiger partial charge in [0.15, 0.2) is 0 Å². The molecule has 6 heteroatoms. The second-order valence-corrected chi connectivity index (χ2v) is 6.14. The minimum Gasteiger partial charge on any atom is -0.752 e. The van der Waals surface area contributed by atoms with Gasteiger partial charge in [0, 0.05) is 0 Å². The maximum absolute atomic E-state index is 10.1. The van der Waals surface area contributed by atoms with Crippen LogP contribution in [0, 0.1) is 0 Å². The van der Waals surface area contributed by atoms with E-state index in [4.69, 9.17) is 3.23 Å². The van der Waals surface area contributed by atoms with Gasteiger partial charge in [0.2, 0.25) is 0 Å². The monoisotopic (exact) mass is 200 g/mol. The van der Waals surface area contributed by atoms with Crippen LogP contribution in [0.2, 0.25) is 10.6 Å². The van der Waals surface area contributed by atoms with Gasteiger partial charge < -0.3 is 7.79 Å². The quantitative estimate of drug-likeness (QED) is 0.382. The van der Waals surface area contributed by atoms with Crippen molar-refractivity contribution in [1.82, 2.24) is 0 Å². The molecule has 0 radical (unpaired) electrons. The van der Waals surface area contributed by atoms with Gasteiger partial charge in [-0.25, -0.2) is 4.21 Å². The predicted molar refractivity (Wildman–Crippen MR) is 39.2 cm³/mol. The van der Waals surface area contributed by atoms with E-state index in [-0.39, 0.29) is 29.6 Å². The summed E-state index contributed by atoms with van der Waals surface area (Å²) in [6.45, 7) is 0. The molecule has 1 rings (SSSR count). The van der Waals surface area contributed by atoms with E-state index < -0.39 is 25.8 Å². The average Bonchev–Trinajstić information content (AvgIpc) is 1.88. The third-order valence-corrected chi connectivity index (χ3v) is 5.59. The van der Waals surface area contributed by atoms with Gasteiger partial charge in [0.1, 0.15) is 0 Å². The summed E-state index contributed by atoms with van der Waals surface area (Å²) in [4.78, 5) is 0. The first kappa shape index (κ1) is 12.6. The van der Waals surface area contributed by atoms with Crippen LogP contribution in [0.4, 0.5) is 0 Å². The van der Waals surface area contributed by atoms with E-state index in [1.807, 2.05) is 0 Å². The fourth-order valence-corrected chi connectivity index (χ4v) is 4.71. The summed E-state index contributed by atoms with van der Waals surface area (Å²) in [5, 5.41) is 2.07. The largest absolute Gasteiger partial charge is 1.00 e. The summed E-state index contributed by atoms with van der Waals surface area (Å²) in [6.07, 6.45) is 3.57. The number of rotatable bonds is 2. The molecule has 1 atom stereocenters. The Morgan fingerprint density at radius 1 is 1.27 bits per heavy atom. The molecule has 1 heterocycles. The normalized spacial score (nSPS) is 20.6. The summed E-state index contributed by atoms with van der Waals surface area (Å²) >= 11 is -3.55. The Kier molecular flexibility index (Phi) is 8.08. The SMILES string of the molecule is O=S([O-])[O][Al]1[CH2]CCC[CH2]1.[Na+]. The van der Waals surface area contributed by atoms with Crippen LogP contribution < -0.4 is 29.6 Å². The fraction of sp³-hybridized carbons (Fsp3) is 1.00. The van der Waals surface area contributed by atoms with Crippen LogP contribution in [-0.2, 0) is 14.6 Å². The van der Waals surface area contributed by atoms with Crippen molar-refractivity contribution in [2.75, 3.05) is 0 Å². The van der Waals surface area contributed by atoms with Crippen molar-refractivity contribution in [2.24, 2.45) is 0 Å². The first-order valence-corrected chi connectivity index (χ1v) is 6.66. The molecule has 58 valence electrons. The van der Waals surface area contributed by atoms with Crippen molar-refractivity contribution in [2.45, 2.75) is 29.8 Å². The van der Waals surface area contributed by atoms with Gasteiger partial charge in [-0.2, -0.15) is 0 Å². The molecule has 1 aliphatic rings. The summed E-state index contributed by atoms with van der Waals surface area (Å²) in [5.41, 5.74) is 0. The Morgan fingerprint density at radius 2 is 1.82 bits per heavy atom. The molecule has 1 aliphatic heterocycles. The summed E-state index contributed by atoms with van der Waals surface area (Å²) < 4.78 is 24.9. The van der Waals surface area contributed by atoms with Gasteiger partial charge in [-0.1, -0.05) is 29.8 Å². The molecular weight excluding hydrogens is 190 g/mol. The third kappa shape index (κ3) is 5.78. The smallest absolute Gasteiger partial charge is 0.752 e. The van der Waals surface area contributed by atoms with E-state index >= 15 is 0 Å². The van der Waals surface area contributed by atoms with Gasteiger partial charge in [-0.15, -0.1) is 0 Å². The maximum atomic E-state index is 10.1. The average molecular weight is 200 g/mol. The third-order valence-electron chi connectivity index (χ3n) is 1.77. The van der Waals surface area contributed by atoms with Gasteiger partial charge in [-0.3, -0.25) is 0 Å². The molecule has 0 aromatic heterocycles. The Hall–Kier alpha value is 1.60. The van der Waals surface area contributed by atoms with Crippen LogP contribution in [0.25, 0.3) is 0 Å². The van der Waals surface area contributed by atoms with Crippen molar-refractivity contribution in [1.29, 1.82) is 0 Å². The molecule has 1 fully saturated rings. The van der Waals surface area contributed by atoms with Crippen LogP contribution in [0.3, 0.4) is 0 Å². The summed E-state index contributed by atoms with van der Waals surface area (Å²) in [7, 11) is 0. The zero-order valence-corrected chi connectivity index (χ0v) is 10.7. The van der Waals surface area contributed by atoms with Gasteiger partial charge in [-0.05, 0) is 0 Å². The first-order chi connectivity index (χ1) is 4.79. The van der Waals surface area contributed by atoms with E-state index in [1.165, 1.54) is 6.42 Å². The molecular formula is C5H10AlNaO3S. The van der Waals surface area contributed by atoms with E-state index in [0.29, 0.717) is 0 Å². The molecule has 11 heavy (non-hydrogen) atoms. The van der Waals surface area contributed by atoms with Gasteiger partial charge in [0.05, 0.1) is 11.4 Å². The standard InChI is InChI=1S/C5H10.Al.Na.H2O3S/c1-3-5-4-2;;;1-4(2)3/h1-5H2;;;(H2,1,2,3)/q;2*+1;/p-2. The molecule has 1 unspecified atom stereocenters. The van der Waals surface area contributed by atoms with E-state index in [1.54, 1.807) is 0 Å². The minimum absolute atomic E-state index is 0. The molecule has 0 spiro atoms. The molecule has 0 aromatic carbocycles. The Balaban J connectivity index is 0.000001000. The number of hydrogen-bond donors (Lipinski definition) is 0. The van der Waals surface area contributed by atoms with E-state index in [9.17, 15) is 8.76 Å². The predicted octanol–water partition coefficient (Wildman–Crippen LogP) is -2.02. The first-order valence-electron chi connectivity index (χ1n) is 3.55.